The summed E-state index contributed by atoms with van der Waals surface area (Å²) in [5.74, 6) is 0. The summed E-state index contributed by atoms with van der Waals surface area (Å²) in [6, 6.07) is 7.77. The number of fused-ring (bicyclic) bond motifs is 2. The average molecular weight is 373 g/mol. The second-order valence-corrected chi connectivity index (χ2v) is 7.57. The van der Waals surface area contributed by atoms with Crippen molar-refractivity contribution in [3.63, 3.8) is 0 Å². The summed E-state index contributed by atoms with van der Waals surface area (Å²) < 4.78 is 1.02. The maximum atomic E-state index is 6.45. The number of hydrogen-bond donors (Lipinski definition) is 1. The smallest absolute Gasteiger partial charge is 0.0485 e. The van der Waals surface area contributed by atoms with Crippen molar-refractivity contribution in [2.45, 2.75) is 37.4 Å². The molecule has 2 heterocycles. The van der Waals surface area contributed by atoms with E-state index < -0.39 is 0 Å². The third kappa shape index (κ3) is 3.15. The molecule has 1 aromatic carbocycles. The Morgan fingerprint density at radius 1 is 1.33 bits per heavy atom. The first-order chi connectivity index (χ1) is 10.1. The molecule has 1 aromatic rings. The van der Waals surface area contributed by atoms with Gasteiger partial charge in [-0.25, -0.2) is 0 Å². The normalized spacial score (nSPS) is 28.6. The zero-order valence-corrected chi connectivity index (χ0v) is 14.8. The predicted octanol–water partition coefficient (Wildman–Crippen LogP) is 3.27. The monoisotopic (exact) mass is 371 g/mol. The number of benzene rings is 1. The molecular weight excluding hydrogens is 350 g/mol. The fourth-order valence-electron chi connectivity index (χ4n) is 3.86. The van der Waals surface area contributed by atoms with Crippen molar-refractivity contribution in [1.82, 2.24) is 9.80 Å². The van der Waals surface area contributed by atoms with E-state index in [0.717, 1.165) is 34.2 Å². The van der Waals surface area contributed by atoms with E-state index >= 15 is 0 Å². The van der Waals surface area contributed by atoms with Crippen LogP contribution in [0.3, 0.4) is 0 Å². The van der Waals surface area contributed by atoms with Crippen LogP contribution in [0.1, 0.15) is 30.9 Å². The number of nitrogens with zero attached hydrogens (tertiary/aromatic N) is 2. The SMILES string of the molecule is CN1C2CCC1CN(C(CN)c1ccc(Br)cc1Cl)CC2. The standard InChI is InChI=1S/C16H23BrClN3/c1-20-12-3-4-13(20)10-21(7-6-12)16(9-19)14-5-2-11(17)8-15(14)18/h2,5,8,12-13,16H,3-4,6-7,9-10,19H2,1H3. The van der Waals surface area contributed by atoms with Crippen LogP contribution in [0.5, 0.6) is 0 Å². The minimum absolute atomic E-state index is 0.221. The number of likely N-dealkylation sites (tertiary alicyclic amines) is 1. The molecule has 5 heteroatoms. The molecule has 0 saturated carbocycles. The molecule has 2 bridgehead atoms. The Hall–Kier alpha value is -0.130. The van der Waals surface area contributed by atoms with Gasteiger partial charge in [0, 0.05) is 47.3 Å². The number of rotatable bonds is 3. The van der Waals surface area contributed by atoms with Crippen molar-refractivity contribution in [3.8, 4) is 0 Å². The van der Waals surface area contributed by atoms with Gasteiger partial charge in [-0.1, -0.05) is 33.6 Å². The molecule has 0 amide bonds. The van der Waals surface area contributed by atoms with E-state index in [1.54, 1.807) is 0 Å². The van der Waals surface area contributed by atoms with E-state index in [-0.39, 0.29) is 6.04 Å². The van der Waals surface area contributed by atoms with Crippen molar-refractivity contribution >= 4 is 27.5 Å². The highest BCUT2D eigenvalue weighted by Gasteiger charge is 2.36. The first-order valence-corrected chi connectivity index (χ1v) is 8.88. The highest BCUT2D eigenvalue weighted by atomic mass is 79.9. The Labute approximate surface area is 140 Å². The van der Waals surface area contributed by atoms with Crippen LogP contribution in [0.4, 0.5) is 0 Å². The summed E-state index contributed by atoms with van der Waals surface area (Å²) in [5.41, 5.74) is 7.26. The van der Waals surface area contributed by atoms with Crippen LogP contribution in [-0.2, 0) is 0 Å². The number of nitrogens with two attached hydrogens (primary N) is 1. The van der Waals surface area contributed by atoms with Crippen molar-refractivity contribution in [2.24, 2.45) is 5.73 Å². The summed E-state index contributed by atoms with van der Waals surface area (Å²) >= 11 is 9.92. The van der Waals surface area contributed by atoms with Gasteiger partial charge >= 0.3 is 0 Å². The van der Waals surface area contributed by atoms with Gasteiger partial charge in [0.25, 0.3) is 0 Å². The van der Waals surface area contributed by atoms with Gasteiger partial charge in [-0.3, -0.25) is 9.80 Å². The van der Waals surface area contributed by atoms with Crippen LogP contribution < -0.4 is 5.73 Å². The molecule has 3 nitrogen and oxygen atoms in total. The Morgan fingerprint density at radius 3 is 2.81 bits per heavy atom. The van der Waals surface area contributed by atoms with Gasteiger partial charge in [-0.2, -0.15) is 0 Å². The van der Waals surface area contributed by atoms with Gasteiger partial charge in [0.15, 0.2) is 0 Å². The predicted molar refractivity (Wildman–Crippen MR) is 91.7 cm³/mol. The topological polar surface area (TPSA) is 32.5 Å². The van der Waals surface area contributed by atoms with E-state index in [4.69, 9.17) is 17.3 Å². The number of halogens is 2. The van der Waals surface area contributed by atoms with E-state index in [2.05, 4.69) is 44.9 Å². The summed E-state index contributed by atoms with van der Waals surface area (Å²) in [6.07, 6.45) is 3.89. The van der Waals surface area contributed by atoms with Gasteiger partial charge in [0.1, 0.15) is 0 Å². The second kappa shape index (κ2) is 6.55. The highest BCUT2D eigenvalue weighted by Crippen LogP contribution is 2.34. The lowest BCUT2D eigenvalue weighted by Gasteiger charge is -2.33. The third-order valence-corrected chi connectivity index (χ3v) is 5.99. The number of hydrogen-bond acceptors (Lipinski definition) is 3. The Balaban J connectivity index is 1.83. The molecule has 21 heavy (non-hydrogen) atoms. The van der Waals surface area contributed by atoms with Crippen molar-refractivity contribution in [3.05, 3.63) is 33.3 Å². The molecule has 116 valence electrons. The molecule has 3 atom stereocenters. The van der Waals surface area contributed by atoms with Crippen LogP contribution in [0.25, 0.3) is 0 Å². The van der Waals surface area contributed by atoms with Gasteiger partial charge in [0.2, 0.25) is 0 Å². The lowest BCUT2D eigenvalue weighted by molar-refractivity contribution is 0.175. The van der Waals surface area contributed by atoms with Crippen LogP contribution in [0.2, 0.25) is 5.02 Å². The molecular formula is C16H23BrClN3. The van der Waals surface area contributed by atoms with Crippen LogP contribution in [0, 0.1) is 0 Å². The first-order valence-electron chi connectivity index (χ1n) is 7.71. The lowest BCUT2D eigenvalue weighted by atomic mass is 10.0. The van der Waals surface area contributed by atoms with Gasteiger partial charge in [0.05, 0.1) is 0 Å². The summed E-state index contributed by atoms with van der Waals surface area (Å²) in [5, 5.41) is 0.808. The maximum absolute atomic E-state index is 6.45. The molecule has 2 fully saturated rings. The molecule has 3 unspecified atom stereocenters. The average Bonchev–Trinajstić information content (AvgIpc) is 2.68. The fourth-order valence-corrected chi connectivity index (χ4v) is 4.66. The summed E-state index contributed by atoms with van der Waals surface area (Å²) in [4.78, 5) is 5.10. The number of likely N-dealkylation sites (N-methyl/N-ethyl adjacent to an activating group) is 1. The van der Waals surface area contributed by atoms with Gasteiger partial charge < -0.3 is 5.73 Å². The third-order valence-electron chi connectivity index (χ3n) is 5.17. The van der Waals surface area contributed by atoms with E-state index in [9.17, 15) is 0 Å². The summed E-state index contributed by atoms with van der Waals surface area (Å²) in [7, 11) is 2.27. The molecule has 2 aliphatic rings. The Morgan fingerprint density at radius 2 is 2.10 bits per heavy atom. The first kappa shape index (κ1) is 15.8. The molecule has 0 aliphatic carbocycles. The molecule has 0 spiro atoms. The fraction of sp³-hybridized carbons (Fsp3) is 0.625. The molecule has 2 aliphatic heterocycles. The van der Waals surface area contributed by atoms with Crippen LogP contribution in [-0.4, -0.2) is 48.6 Å². The van der Waals surface area contributed by atoms with E-state index in [1.165, 1.54) is 19.3 Å². The molecule has 0 aromatic heterocycles. The quantitative estimate of drug-likeness (QED) is 0.884. The van der Waals surface area contributed by atoms with Crippen molar-refractivity contribution in [2.75, 3.05) is 26.7 Å². The Bertz CT molecular complexity index is 510. The maximum Gasteiger partial charge on any atom is 0.0485 e. The minimum atomic E-state index is 0.221. The minimum Gasteiger partial charge on any atom is -0.329 e. The second-order valence-electron chi connectivity index (χ2n) is 6.25. The molecule has 2 N–H and O–H groups in total. The van der Waals surface area contributed by atoms with E-state index in [1.807, 2.05) is 6.07 Å². The molecule has 2 saturated heterocycles. The lowest BCUT2D eigenvalue weighted by Crippen LogP contribution is -2.40. The van der Waals surface area contributed by atoms with Gasteiger partial charge in [-0.05, 0) is 44.0 Å². The zero-order chi connectivity index (χ0) is 15.0. The molecule has 3 rings (SSSR count). The summed E-state index contributed by atoms with van der Waals surface area (Å²) in [6.45, 7) is 2.82. The zero-order valence-electron chi connectivity index (χ0n) is 12.4. The van der Waals surface area contributed by atoms with Crippen molar-refractivity contribution in [1.29, 1.82) is 0 Å². The van der Waals surface area contributed by atoms with E-state index in [0.29, 0.717) is 12.6 Å². The molecule has 0 radical (unpaired) electrons. The highest BCUT2D eigenvalue weighted by molar-refractivity contribution is 9.10. The van der Waals surface area contributed by atoms with Crippen LogP contribution in [0.15, 0.2) is 22.7 Å². The van der Waals surface area contributed by atoms with Gasteiger partial charge in [-0.15, -0.1) is 0 Å². The largest absolute Gasteiger partial charge is 0.329 e. The van der Waals surface area contributed by atoms with Crippen LogP contribution >= 0.6 is 27.5 Å². The Kier molecular flexibility index (Phi) is 4.91. The van der Waals surface area contributed by atoms with Crippen molar-refractivity contribution < 1.29 is 0 Å².